The Labute approximate surface area is 338 Å². The first kappa shape index (κ1) is 35.5. The summed E-state index contributed by atoms with van der Waals surface area (Å²) in [7, 11) is 0. The van der Waals surface area contributed by atoms with Crippen molar-refractivity contribution in [2.24, 2.45) is 0 Å². The normalized spacial score (nSPS) is 12.1. The second-order valence-electron chi connectivity index (χ2n) is 16.6. The largest absolute Gasteiger partial charge is 0.457 e. The maximum absolute atomic E-state index is 6.79. The molecule has 6 aromatic carbocycles. The predicted octanol–water partition coefficient (Wildman–Crippen LogP) is 13.5. The van der Waals surface area contributed by atoms with E-state index >= 15 is 0 Å². The minimum atomic E-state index is -0.166. The SMILES string of the molecule is Cc1cc(Oc2ccc3c4ccccc4n(-c4cc(-n5c6c(C)cccc6c6cccc(C)c65)ccn4)c3c2)cc(-n2nc(C)c(-c3ccccc3)c2C(C)(C)C)c1. The maximum Gasteiger partial charge on any atom is 0.139 e. The Kier molecular flexibility index (Phi) is 8.17. The Morgan fingerprint density at radius 1 is 0.534 bits per heavy atom. The molecule has 10 aromatic rings. The van der Waals surface area contributed by atoms with Crippen LogP contribution in [-0.4, -0.2) is 23.9 Å². The molecule has 284 valence electrons. The van der Waals surface area contributed by atoms with E-state index < -0.39 is 0 Å². The molecule has 6 heteroatoms. The number of para-hydroxylation sites is 3. The summed E-state index contributed by atoms with van der Waals surface area (Å²) in [4.78, 5) is 5.03. The molecule has 0 aliphatic heterocycles. The van der Waals surface area contributed by atoms with Gasteiger partial charge >= 0.3 is 0 Å². The molecule has 0 aliphatic carbocycles. The third kappa shape index (κ3) is 5.70. The van der Waals surface area contributed by atoms with Crippen molar-refractivity contribution >= 4 is 43.6 Å². The van der Waals surface area contributed by atoms with Gasteiger partial charge in [0, 0.05) is 56.9 Å². The molecule has 0 spiro atoms. The molecule has 0 amide bonds. The Hall–Kier alpha value is -6.92. The molecular weight excluding hydrogens is 711 g/mol. The van der Waals surface area contributed by atoms with Crippen molar-refractivity contribution in [3.8, 4) is 39.8 Å². The van der Waals surface area contributed by atoms with Gasteiger partial charge in [-0.1, -0.05) is 106 Å². The van der Waals surface area contributed by atoms with Gasteiger partial charge in [0.05, 0.1) is 44.8 Å². The second kappa shape index (κ2) is 13.3. The predicted molar refractivity (Wildman–Crippen MR) is 240 cm³/mol. The summed E-state index contributed by atoms with van der Waals surface area (Å²) in [6.07, 6.45) is 1.93. The highest BCUT2D eigenvalue weighted by molar-refractivity contribution is 6.12. The fourth-order valence-electron chi connectivity index (χ4n) is 9.05. The van der Waals surface area contributed by atoms with E-state index in [1.54, 1.807) is 0 Å². The number of hydrogen-bond acceptors (Lipinski definition) is 3. The van der Waals surface area contributed by atoms with Crippen molar-refractivity contribution in [2.45, 2.75) is 53.9 Å². The first-order valence-electron chi connectivity index (χ1n) is 20.0. The number of ether oxygens (including phenoxy) is 1. The fourth-order valence-corrected chi connectivity index (χ4v) is 9.05. The number of aromatic nitrogens is 5. The number of benzene rings is 6. The topological polar surface area (TPSA) is 49.8 Å². The number of nitrogens with zero attached hydrogens (tertiary/aromatic N) is 5. The standard InChI is InChI=1S/C52H45N5O/c1-32-27-38(57-51(52(5,6)7)48(35(4)54-57)36-17-9-8-10-18-36)29-40(28-32)58-39-23-24-42-41-19-11-12-22-45(41)56(46(42)31-39)47-30-37(25-26-53-47)55-49-33(2)15-13-20-43(49)44-21-14-16-34(3)50(44)55/h8-31H,1-7H3. The fraction of sp³-hybridized carbons (Fsp3) is 0.154. The van der Waals surface area contributed by atoms with Gasteiger partial charge in [-0.15, -0.1) is 0 Å². The van der Waals surface area contributed by atoms with Crippen molar-refractivity contribution in [1.82, 2.24) is 23.9 Å². The van der Waals surface area contributed by atoms with Crippen molar-refractivity contribution in [2.75, 3.05) is 0 Å². The van der Waals surface area contributed by atoms with Crippen LogP contribution in [0.4, 0.5) is 0 Å². The van der Waals surface area contributed by atoms with Gasteiger partial charge < -0.3 is 9.30 Å². The molecule has 0 N–H and O–H groups in total. The third-order valence-corrected chi connectivity index (χ3v) is 11.4. The summed E-state index contributed by atoms with van der Waals surface area (Å²) >= 11 is 0. The number of fused-ring (bicyclic) bond motifs is 6. The Morgan fingerprint density at radius 3 is 1.93 bits per heavy atom. The number of pyridine rings is 1. The molecule has 0 saturated heterocycles. The van der Waals surface area contributed by atoms with Crippen LogP contribution in [-0.2, 0) is 5.41 Å². The lowest BCUT2D eigenvalue weighted by atomic mass is 9.86. The molecule has 4 heterocycles. The Bertz CT molecular complexity index is 3170. The van der Waals surface area contributed by atoms with Crippen LogP contribution in [0.25, 0.3) is 71.9 Å². The minimum Gasteiger partial charge on any atom is -0.457 e. The van der Waals surface area contributed by atoms with E-state index in [1.165, 1.54) is 49.8 Å². The number of rotatable bonds is 6. The molecule has 6 nitrogen and oxygen atoms in total. The lowest BCUT2D eigenvalue weighted by Gasteiger charge is -2.23. The van der Waals surface area contributed by atoms with Gasteiger partial charge in [0.2, 0.25) is 0 Å². The van der Waals surface area contributed by atoms with Crippen LogP contribution >= 0.6 is 0 Å². The van der Waals surface area contributed by atoms with Crippen molar-refractivity contribution in [1.29, 1.82) is 0 Å². The summed E-state index contributed by atoms with van der Waals surface area (Å²) in [5.74, 6) is 2.34. The minimum absolute atomic E-state index is 0.166. The van der Waals surface area contributed by atoms with Crippen molar-refractivity contribution in [3.63, 3.8) is 0 Å². The molecule has 4 aromatic heterocycles. The van der Waals surface area contributed by atoms with Gasteiger partial charge in [-0.25, -0.2) is 9.67 Å². The molecule has 0 bridgehead atoms. The summed E-state index contributed by atoms with van der Waals surface area (Å²) in [5, 5.41) is 9.95. The Balaban J connectivity index is 1.10. The number of aryl methyl sites for hydroxylation is 4. The maximum atomic E-state index is 6.79. The highest BCUT2D eigenvalue weighted by atomic mass is 16.5. The van der Waals surface area contributed by atoms with Gasteiger partial charge in [0.15, 0.2) is 0 Å². The van der Waals surface area contributed by atoms with Crippen LogP contribution in [0.3, 0.4) is 0 Å². The van der Waals surface area contributed by atoms with E-state index in [0.29, 0.717) is 0 Å². The monoisotopic (exact) mass is 755 g/mol. The van der Waals surface area contributed by atoms with Crippen LogP contribution in [0, 0.1) is 27.7 Å². The molecule has 58 heavy (non-hydrogen) atoms. The molecule has 0 aliphatic rings. The molecule has 0 atom stereocenters. The zero-order valence-electron chi connectivity index (χ0n) is 34.0. The number of hydrogen-bond donors (Lipinski definition) is 0. The third-order valence-electron chi connectivity index (χ3n) is 11.4. The zero-order chi connectivity index (χ0) is 39.9. The quantitative estimate of drug-likeness (QED) is 0.170. The van der Waals surface area contributed by atoms with Crippen LogP contribution in [0.1, 0.15) is 48.8 Å². The van der Waals surface area contributed by atoms with E-state index in [1.807, 2.05) is 6.20 Å². The van der Waals surface area contributed by atoms with E-state index in [4.69, 9.17) is 14.8 Å². The molecule has 0 saturated carbocycles. The lowest BCUT2D eigenvalue weighted by Crippen LogP contribution is -2.18. The summed E-state index contributed by atoms with van der Waals surface area (Å²) in [6, 6.07) is 49.4. The highest BCUT2D eigenvalue weighted by Crippen LogP contribution is 2.40. The average molecular weight is 756 g/mol. The van der Waals surface area contributed by atoms with E-state index in [9.17, 15) is 0 Å². The van der Waals surface area contributed by atoms with E-state index in [-0.39, 0.29) is 5.41 Å². The molecular formula is C52H45N5O. The summed E-state index contributed by atoms with van der Waals surface area (Å²) in [5.41, 5.74) is 14.5. The van der Waals surface area contributed by atoms with Gasteiger partial charge in [0.25, 0.3) is 0 Å². The van der Waals surface area contributed by atoms with E-state index in [2.05, 4.69) is 202 Å². The van der Waals surface area contributed by atoms with Crippen LogP contribution < -0.4 is 4.74 Å². The second-order valence-corrected chi connectivity index (χ2v) is 16.6. The zero-order valence-corrected chi connectivity index (χ0v) is 34.0. The van der Waals surface area contributed by atoms with Gasteiger partial charge in [-0.3, -0.25) is 4.57 Å². The van der Waals surface area contributed by atoms with Gasteiger partial charge in [-0.05, 0) is 86.3 Å². The first-order chi connectivity index (χ1) is 28.0. The van der Waals surface area contributed by atoms with E-state index in [0.717, 1.165) is 61.8 Å². The smallest absolute Gasteiger partial charge is 0.139 e. The first-order valence-corrected chi connectivity index (χ1v) is 20.0. The molecule has 0 fully saturated rings. The lowest BCUT2D eigenvalue weighted by molar-refractivity contribution is 0.481. The van der Waals surface area contributed by atoms with Gasteiger partial charge in [-0.2, -0.15) is 5.10 Å². The summed E-state index contributed by atoms with van der Waals surface area (Å²) in [6.45, 7) is 15.4. The Morgan fingerprint density at radius 2 is 1.21 bits per heavy atom. The summed E-state index contributed by atoms with van der Waals surface area (Å²) < 4.78 is 13.6. The van der Waals surface area contributed by atoms with Crippen molar-refractivity contribution in [3.05, 3.63) is 174 Å². The van der Waals surface area contributed by atoms with Crippen LogP contribution in [0.2, 0.25) is 0 Å². The van der Waals surface area contributed by atoms with Crippen molar-refractivity contribution < 1.29 is 4.74 Å². The van der Waals surface area contributed by atoms with Crippen LogP contribution in [0.15, 0.2) is 146 Å². The molecule has 0 unspecified atom stereocenters. The van der Waals surface area contributed by atoms with Crippen LogP contribution in [0.5, 0.6) is 11.5 Å². The molecule has 0 radical (unpaired) electrons. The highest BCUT2D eigenvalue weighted by Gasteiger charge is 2.28. The molecule has 10 rings (SSSR count). The average Bonchev–Trinajstić information content (AvgIpc) is 3.87. The van der Waals surface area contributed by atoms with Gasteiger partial charge in [0.1, 0.15) is 17.3 Å².